The highest BCUT2D eigenvalue weighted by Gasteiger charge is 2.64. The van der Waals surface area contributed by atoms with Crippen molar-refractivity contribution in [2.45, 2.75) is 43.6 Å². The number of rotatable bonds is 4. The highest BCUT2D eigenvalue weighted by molar-refractivity contribution is 6.24. The van der Waals surface area contributed by atoms with Gasteiger partial charge in [0.05, 0.1) is 11.6 Å². The number of carbonyl (C=O) groups excluding carboxylic acids is 3. The van der Waals surface area contributed by atoms with Crippen molar-refractivity contribution in [3.05, 3.63) is 45.5 Å². The Morgan fingerprint density at radius 2 is 1.88 bits per heavy atom. The number of nitrogens with zero attached hydrogens (tertiary/aromatic N) is 2. The largest absolute Gasteiger partial charge is 0.508 e. The average Bonchev–Trinajstić information content (AvgIpc) is 3.23. The van der Waals surface area contributed by atoms with E-state index < -0.39 is 75.8 Å². The molecule has 1 saturated heterocycles. The molecule has 1 amide bonds. The molecule has 40 heavy (non-hydrogen) atoms. The highest BCUT2D eigenvalue weighted by Crippen LogP contribution is 2.53. The minimum absolute atomic E-state index is 0. The first kappa shape index (κ1) is 31.8. The van der Waals surface area contributed by atoms with Crippen LogP contribution in [0.4, 0.5) is 8.78 Å². The fraction of sp³-hybridized carbons (Fsp3) is 0.500. The molecule has 220 valence electrons. The van der Waals surface area contributed by atoms with E-state index >= 15 is 4.39 Å². The van der Waals surface area contributed by atoms with E-state index in [0.717, 1.165) is 6.07 Å². The van der Waals surface area contributed by atoms with Gasteiger partial charge in [-0.15, -0.1) is 24.8 Å². The number of hydrogen-bond donors (Lipinski definition) is 5. The number of likely N-dealkylation sites (tertiary alicyclic amines) is 1. The van der Waals surface area contributed by atoms with Crippen LogP contribution in [0.2, 0.25) is 0 Å². The molecular formula is C26H31Cl2F2N3O7. The summed E-state index contributed by atoms with van der Waals surface area (Å²) in [6.45, 7) is 0.603. The Kier molecular flexibility index (Phi) is 8.65. The van der Waals surface area contributed by atoms with E-state index in [1.165, 1.54) is 19.0 Å². The van der Waals surface area contributed by atoms with Crippen LogP contribution in [0.3, 0.4) is 0 Å². The van der Waals surface area contributed by atoms with Gasteiger partial charge in [-0.2, -0.15) is 0 Å². The Hall–Kier alpha value is -2.77. The molecule has 2 fully saturated rings. The van der Waals surface area contributed by atoms with Gasteiger partial charge >= 0.3 is 0 Å². The van der Waals surface area contributed by atoms with Crippen molar-refractivity contribution in [1.82, 2.24) is 9.80 Å². The first-order chi connectivity index (χ1) is 17.8. The summed E-state index contributed by atoms with van der Waals surface area (Å²) in [5.74, 6) is -8.60. The van der Waals surface area contributed by atoms with Crippen molar-refractivity contribution < 1.29 is 43.6 Å². The number of Topliss-reactive ketones (excluding diaryl/α,β-unsaturated/α-hetero) is 2. The van der Waals surface area contributed by atoms with Gasteiger partial charge in [-0.1, -0.05) is 0 Å². The van der Waals surface area contributed by atoms with E-state index in [1.807, 2.05) is 0 Å². The zero-order chi connectivity index (χ0) is 27.8. The third-order valence-corrected chi connectivity index (χ3v) is 8.34. The smallest absolute Gasteiger partial charge is 0.255 e. The van der Waals surface area contributed by atoms with Gasteiger partial charge in [-0.25, -0.2) is 8.78 Å². The van der Waals surface area contributed by atoms with Crippen molar-refractivity contribution in [3.8, 4) is 5.75 Å². The maximum absolute atomic E-state index is 15.7. The SMILES string of the molecule is CN(C)[C@@H]1C(=O)C(C(N)=O)=C(O)[C@@]2(O)C(=O)C3=C(O)c4c(O)cc(CN5CC[C@@H](F)C5)c(F)c4C[C@H]3C[C@@H]12.Cl.Cl. The number of alkyl halides is 1. The van der Waals surface area contributed by atoms with Gasteiger partial charge in [0.25, 0.3) is 5.91 Å². The van der Waals surface area contributed by atoms with Gasteiger partial charge in [0, 0.05) is 42.3 Å². The number of ketones is 2. The third kappa shape index (κ3) is 4.46. The lowest BCUT2D eigenvalue weighted by Gasteiger charge is -2.50. The summed E-state index contributed by atoms with van der Waals surface area (Å²) < 4.78 is 29.4. The third-order valence-electron chi connectivity index (χ3n) is 8.34. The van der Waals surface area contributed by atoms with Crippen LogP contribution in [0.5, 0.6) is 5.75 Å². The second kappa shape index (κ2) is 10.9. The minimum atomic E-state index is -2.75. The number of aromatic hydroxyl groups is 1. The van der Waals surface area contributed by atoms with Crippen LogP contribution in [-0.2, 0) is 27.3 Å². The number of primary amides is 1. The summed E-state index contributed by atoms with van der Waals surface area (Å²) in [5, 5.41) is 44.3. The number of aliphatic hydroxyl groups excluding tert-OH is 2. The van der Waals surface area contributed by atoms with E-state index in [0.29, 0.717) is 13.0 Å². The van der Waals surface area contributed by atoms with Gasteiger partial charge in [-0.3, -0.25) is 24.2 Å². The topological polar surface area (TPSA) is 165 Å². The zero-order valence-corrected chi connectivity index (χ0v) is 23.3. The molecule has 0 bridgehead atoms. The molecule has 1 heterocycles. The fourth-order valence-electron chi connectivity index (χ4n) is 6.63. The average molecular weight is 606 g/mol. The van der Waals surface area contributed by atoms with Gasteiger partial charge < -0.3 is 26.2 Å². The van der Waals surface area contributed by atoms with Crippen molar-refractivity contribution in [1.29, 1.82) is 0 Å². The lowest BCUT2D eigenvalue weighted by atomic mass is 9.57. The number of halogens is 4. The first-order valence-corrected chi connectivity index (χ1v) is 12.3. The van der Waals surface area contributed by atoms with Crippen molar-refractivity contribution in [2.24, 2.45) is 17.6 Å². The lowest BCUT2D eigenvalue weighted by molar-refractivity contribution is -0.153. The van der Waals surface area contributed by atoms with Crippen LogP contribution in [0.25, 0.3) is 5.76 Å². The van der Waals surface area contributed by atoms with Crippen LogP contribution >= 0.6 is 24.8 Å². The molecule has 1 aliphatic heterocycles. The predicted octanol–water partition coefficient (Wildman–Crippen LogP) is 1.49. The molecule has 14 heteroatoms. The number of amides is 1. The number of phenolic OH excluding ortho intramolecular Hbond substituents is 1. The molecule has 3 aliphatic carbocycles. The van der Waals surface area contributed by atoms with E-state index in [9.17, 15) is 39.2 Å². The summed E-state index contributed by atoms with van der Waals surface area (Å²) in [4.78, 5) is 42.0. The number of phenols is 1. The molecule has 6 N–H and O–H groups in total. The molecule has 1 aromatic rings. The number of nitrogens with two attached hydrogens (primary N) is 1. The van der Waals surface area contributed by atoms with E-state index in [-0.39, 0.29) is 73.0 Å². The Balaban J connectivity index is 0.00000220. The first-order valence-electron chi connectivity index (χ1n) is 12.3. The Morgan fingerprint density at radius 1 is 1.23 bits per heavy atom. The summed E-state index contributed by atoms with van der Waals surface area (Å²) in [6, 6.07) is -0.105. The predicted molar refractivity (Wildman–Crippen MR) is 143 cm³/mol. The van der Waals surface area contributed by atoms with Crippen LogP contribution in [0.15, 0.2) is 23.0 Å². The molecule has 0 radical (unpaired) electrons. The van der Waals surface area contributed by atoms with Crippen molar-refractivity contribution in [2.75, 3.05) is 27.2 Å². The highest BCUT2D eigenvalue weighted by atomic mass is 35.5. The Labute approximate surface area is 240 Å². The number of aliphatic hydroxyl groups is 3. The Morgan fingerprint density at radius 3 is 2.42 bits per heavy atom. The van der Waals surface area contributed by atoms with Crippen LogP contribution in [0, 0.1) is 17.7 Å². The number of hydrogen-bond acceptors (Lipinski definition) is 9. The number of likely N-dealkylation sites (N-methyl/N-ethyl adjacent to an activating group) is 1. The van der Waals surface area contributed by atoms with Crippen LogP contribution < -0.4 is 5.73 Å². The van der Waals surface area contributed by atoms with Crippen LogP contribution in [0.1, 0.15) is 29.5 Å². The van der Waals surface area contributed by atoms with Gasteiger partial charge in [0.1, 0.15) is 34.8 Å². The quantitative estimate of drug-likeness (QED) is 0.320. The molecule has 1 saturated carbocycles. The molecule has 5 rings (SSSR count). The van der Waals surface area contributed by atoms with Crippen molar-refractivity contribution in [3.63, 3.8) is 0 Å². The summed E-state index contributed by atoms with van der Waals surface area (Å²) >= 11 is 0. The monoisotopic (exact) mass is 605 g/mol. The summed E-state index contributed by atoms with van der Waals surface area (Å²) in [6.07, 6.45) is -0.974. The van der Waals surface area contributed by atoms with E-state index in [2.05, 4.69) is 0 Å². The molecule has 5 atom stereocenters. The number of carbonyl (C=O) groups is 3. The molecule has 0 aromatic heterocycles. The maximum Gasteiger partial charge on any atom is 0.255 e. The molecule has 4 aliphatic rings. The van der Waals surface area contributed by atoms with Crippen molar-refractivity contribution >= 4 is 48.0 Å². The number of benzene rings is 1. The van der Waals surface area contributed by atoms with E-state index in [4.69, 9.17) is 5.73 Å². The second-order valence-corrected chi connectivity index (χ2v) is 10.8. The number of fused-ring (bicyclic) bond motifs is 3. The normalized spacial score (nSPS) is 29.9. The van der Waals surface area contributed by atoms with E-state index in [1.54, 1.807) is 4.90 Å². The van der Waals surface area contributed by atoms with Crippen LogP contribution in [-0.4, -0.2) is 92.7 Å². The standard InChI is InChI=1S/C26H29F2N3O7.2ClH/c1-30(2)20-14-6-10-5-13-17(15(32)7-11(19(13)28)8-31-4-3-12(27)9-31)21(33)16(10)23(35)26(14,38)24(36)18(22(20)34)25(29)37;;/h7,10,12,14,20,32-33,36,38H,3-6,8-9H2,1-2H3,(H2,29,37);2*1H/t10-,12+,14-,20-,26-;;/m0../s1. The fourth-order valence-corrected chi connectivity index (χ4v) is 6.63. The summed E-state index contributed by atoms with van der Waals surface area (Å²) in [5.41, 5.74) is 1.05. The molecular weight excluding hydrogens is 575 g/mol. The zero-order valence-electron chi connectivity index (χ0n) is 21.7. The molecule has 1 aromatic carbocycles. The maximum atomic E-state index is 15.7. The minimum Gasteiger partial charge on any atom is -0.508 e. The second-order valence-electron chi connectivity index (χ2n) is 10.8. The lowest BCUT2D eigenvalue weighted by Crippen LogP contribution is -2.65. The molecule has 10 nitrogen and oxygen atoms in total. The Bertz CT molecular complexity index is 1350. The molecule has 0 spiro atoms. The van der Waals surface area contributed by atoms with Gasteiger partial charge in [0.2, 0.25) is 5.78 Å². The molecule has 0 unspecified atom stereocenters. The van der Waals surface area contributed by atoms with Gasteiger partial charge in [0.15, 0.2) is 11.4 Å². The summed E-state index contributed by atoms with van der Waals surface area (Å²) in [7, 11) is 3.00. The van der Waals surface area contributed by atoms with Gasteiger partial charge in [-0.05, 0) is 45.3 Å².